The summed E-state index contributed by atoms with van der Waals surface area (Å²) in [5, 5.41) is 0. The van der Waals surface area contributed by atoms with Crippen LogP contribution in [0.5, 0.6) is 0 Å². The molecule has 0 radical (unpaired) electrons. The molecule has 3 rings (SSSR count). The van der Waals surface area contributed by atoms with Crippen LogP contribution in [0, 0.1) is 11.7 Å². The van der Waals surface area contributed by atoms with Crippen LogP contribution in [0.2, 0.25) is 0 Å². The van der Waals surface area contributed by atoms with Crippen molar-refractivity contribution in [3.63, 3.8) is 0 Å². The summed E-state index contributed by atoms with van der Waals surface area (Å²) in [4.78, 5) is 15.6. The second-order valence-electron chi connectivity index (χ2n) is 9.57. The summed E-state index contributed by atoms with van der Waals surface area (Å²) in [6.45, 7) is 5.78. The second kappa shape index (κ2) is 9.90. The van der Waals surface area contributed by atoms with Crippen LogP contribution in [0.25, 0.3) is 11.1 Å². The molecule has 0 bridgehead atoms. The SMILES string of the molecule is CN(C)C(=O)c1ccc(-c2ccc(CCC3CCN(CC(C)(C)F)CC3)cc2)cc1F. The molecular formula is C26H34F2N2O. The van der Waals surface area contributed by atoms with Crippen molar-refractivity contribution in [1.82, 2.24) is 9.80 Å². The molecule has 31 heavy (non-hydrogen) atoms. The van der Waals surface area contributed by atoms with E-state index in [1.165, 1.54) is 16.5 Å². The van der Waals surface area contributed by atoms with Crippen LogP contribution in [-0.4, -0.2) is 55.1 Å². The number of carbonyl (C=O) groups excluding carboxylic acids is 1. The minimum Gasteiger partial charge on any atom is -0.345 e. The summed E-state index contributed by atoms with van der Waals surface area (Å²) in [6, 6.07) is 13.0. The number of likely N-dealkylation sites (tertiary alicyclic amines) is 1. The molecule has 1 heterocycles. The van der Waals surface area contributed by atoms with Gasteiger partial charge in [0, 0.05) is 20.6 Å². The Balaban J connectivity index is 1.53. The third kappa shape index (κ3) is 6.60. The van der Waals surface area contributed by atoms with Crippen molar-refractivity contribution < 1.29 is 13.6 Å². The zero-order chi connectivity index (χ0) is 22.6. The van der Waals surface area contributed by atoms with Gasteiger partial charge in [-0.25, -0.2) is 8.78 Å². The van der Waals surface area contributed by atoms with E-state index in [-0.39, 0.29) is 11.5 Å². The number of hydrogen-bond acceptors (Lipinski definition) is 2. The lowest BCUT2D eigenvalue weighted by Crippen LogP contribution is -2.41. The van der Waals surface area contributed by atoms with Crippen molar-refractivity contribution in [1.29, 1.82) is 0 Å². The maximum atomic E-state index is 14.4. The molecule has 1 aliphatic heterocycles. The number of halogens is 2. The Morgan fingerprint density at radius 1 is 1.06 bits per heavy atom. The van der Waals surface area contributed by atoms with E-state index in [9.17, 15) is 13.6 Å². The predicted octanol–water partition coefficient (Wildman–Crippen LogP) is 5.59. The zero-order valence-electron chi connectivity index (χ0n) is 19.1. The summed E-state index contributed by atoms with van der Waals surface area (Å²) < 4.78 is 28.2. The first-order valence-electron chi connectivity index (χ1n) is 11.1. The average molecular weight is 429 g/mol. The molecule has 2 aromatic rings. The van der Waals surface area contributed by atoms with Gasteiger partial charge in [-0.1, -0.05) is 30.3 Å². The molecule has 5 heteroatoms. The van der Waals surface area contributed by atoms with Crippen molar-refractivity contribution in [2.45, 2.75) is 45.2 Å². The lowest BCUT2D eigenvalue weighted by molar-refractivity contribution is 0.0823. The monoisotopic (exact) mass is 428 g/mol. The number of aryl methyl sites for hydroxylation is 1. The number of hydrogen-bond donors (Lipinski definition) is 0. The Morgan fingerprint density at radius 3 is 2.23 bits per heavy atom. The fourth-order valence-electron chi connectivity index (χ4n) is 4.31. The number of benzene rings is 2. The standard InChI is InChI=1S/C26H34F2N2O/c1-26(2,28)18-30-15-13-20(14-16-30)6-5-19-7-9-21(10-8-19)22-11-12-23(24(27)17-22)25(31)29(3)4/h7-12,17,20H,5-6,13-16,18H2,1-4H3. The highest BCUT2D eigenvalue weighted by molar-refractivity contribution is 5.94. The summed E-state index contributed by atoms with van der Waals surface area (Å²) in [7, 11) is 3.23. The number of nitrogens with zero attached hydrogens (tertiary/aromatic N) is 2. The van der Waals surface area contributed by atoms with Gasteiger partial charge in [-0.2, -0.15) is 0 Å². The molecule has 1 saturated heterocycles. The fourth-order valence-corrected chi connectivity index (χ4v) is 4.31. The van der Waals surface area contributed by atoms with Gasteiger partial charge in [0.2, 0.25) is 0 Å². The molecule has 0 N–H and O–H groups in total. The predicted molar refractivity (Wildman–Crippen MR) is 123 cm³/mol. The Kier molecular flexibility index (Phi) is 7.47. The largest absolute Gasteiger partial charge is 0.345 e. The van der Waals surface area contributed by atoms with E-state index >= 15 is 0 Å². The molecule has 0 atom stereocenters. The third-order valence-corrected chi connectivity index (χ3v) is 6.04. The highest BCUT2D eigenvalue weighted by Crippen LogP contribution is 2.26. The van der Waals surface area contributed by atoms with Crippen LogP contribution in [-0.2, 0) is 6.42 Å². The van der Waals surface area contributed by atoms with Crippen LogP contribution in [0.1, 0.15) is 49.0 Å². The van der Waals surface area contributed by atoms with E-state index in [1.807, 2.05) is 12.1 Å². The lowest BCUT2D eigenvalue weighted by Gasteiger charge is -2.34. The molecule has 0 spiro atoms. The van der Waals surface area contributed by atoms with Gasteiger partial charge >= 0.3 is 0 Å². The molecule has 0 unspecified atom stereocenters. The van der Waals surface area contributed by atoms with E-state index < -0.39 is 11.5 Å². The van der Waals surface area contributed by atoms with Gasteiger partial charge < -0.3 is 9.80 Å². The minimum atomic E-state index is -1.13. The molecule has 0 aromatic heterocycles. The van der Waals surface area contributed by atoms with Gasteiger partial charge in [-0.3, -0.25) is 4.79 Å². The van der Waals surface area contributed by atoms with E-state index in [0.29, 0.717) is 12.5 Å². The van der Waals surface area contributed by atoms with Gasteiger partial charge in [0.15, 0.2) is 0 Å². The van der Waals surface area contributed by atoms with Crippen LogP contribution >= 0.6 is 0 Å². The van der Waals surface area contributed by atoms with Crippen molar-refractivity contribution in [2.75, 3.05) is 33.7 Å². The number of rotatable bonds is 7. The van der Waals surface area contributed by atoms with Crippen LogP contribution in [0.15, 0.2) is 42.5 Å². The van der Waals surface area contributed by atoms with E-state index in [0.717, 1.165) is 49.9 Å². The Bertz CT molecular complexity index is 879. The third-order valence-electron chi connectivity index (χ3n) is 6.04. The maximum Gasteiger partial charge on any atom is 0.256 e. The maximum absolute atomic E-state index is 14.4. The van der Waals surface area contributed by atoms with Crippen LogP contribution in [0.4, 0.5) is 8.78 Å². The Hall–Kier alpha value is -2.27. The minimum absolute atomic E-state index is 0.0893. The molecule has 1 amide bonds. The van der Waals surface area contributed by atoms with Crippen molar-refractivity contribution in [3.8, 4) is 11.1 Å². The summed E-state index contributed by atoms with van der Waals surface area (Å²) in [5.74, 6) is -0.143. The lowest BCUT2D eigenvalue weighted by atomic mass is 9.90. The Labute approximate surface area is 185 Å². The quantitative estimate of drug-likeness (QED) is 0.574. The van der Waals surface area contributed by atoms with Gasteiger partial charge in [-0.05, 0) is 87.4 Å². The van der Waals surface area contributed by atoms with E-state index in [1.54, 1.807) is 40.1 Å². The van der Waals surface area contributed by atoms with Crippen molar-refractivity contribution >= 4 is 5.91 Å². The number of piperidine rings is 1. The number of amides is 1. The first-order valence-corrected chi connectivity index (χ1v) is 11.1. The first kappa shape index (κ1) is 23.4. The molecule has 168 valence electrons. The van der Waals surface area contributed by atoms with Gasteiger partial charge in [-0.15, -0.1) is 0 Å². The fraction of sp³-hybridized carbons (Fsp3) is 0.500. The van der Waals surface area contributed by atoms with Gasteiger partial charge in [0.25, 0.3) is 5.91 Å². The van der Waals surface area contributed by atoms with Gasteiger partial charge in [0.1, 0.15) is 11.5 Å². The summed E-state index contributed by atoms with van der Waals surface area (Å²) in [5.41, 5.74) is 1.94. The van der Waals surface area contributed by atoms with Gasteiger partial charge in [0.05, 0.1) is 5.56 Å². The first-order chi connectivity index (χ1) is 14.6. The molecule has 0 aliphatic carbocycles. The summed E-state index contributed by atoms with van der Waals surface area (Å²) in [6.07, 6.45) is 4.42. The number of alkyl halides is 1. The molecule has 2 aromatic carbocycles. The van der Waals surface area contributed by atoms with Crippen LogP contribution < -0.4 is 0 Å². The van der Waals surface area contributed by atoms with Crippen LogP contribution in [0.3, 0.4) is 0 Å². The Morgan fingerprint density at radius 2 is 1.68 bits per heavy atom. The normalized spacial score (nSPS) is 15.8. The topological polar surface area (TPSA) is 23.6 Å². The molecule has 1 aliphatic rings. The van der Waals surface area contributed by atoms with E-state index in [4.69, 9.17) is 0 Å². The highest BCUT2D eigenvalue weighted by Gasteiger charge is 2.25. The highest BCUT2D eigenvalue weighted by atomic mass is 19.1. The molecular weight excluding hydrogens is 394 g/mol. The zero-order valence-corrected chi connectivity index (χ0v) is 19.1. The number of carbonyl (C=O) groups is 1. The summed E-state index contributed by atoms with van der Waals surface area (Å²) >= 11 is 0. The molecule has 0 saturated carbocycles. The molecule has 1 fully saturated rings. The average Bonchev–Trinajstić information content (AvgIpc) is 2.72. The smallest absolute Gasteiger partial charge is 0.256 e. The van der Waals surface area contributed by atoms with Crippen molar-refractivity contribution in [3.05, 3.63) is 59.4 Å². The molecule has 3 nitrogen and oxygen atoms in total. The van der Waals surface area contributed by atoms with E-state index in [2.05, 4.69) is 17.0 Å². The second-order valence-corrected chi connectivity index (χ2v) is 9.57. The van der Waals surface area contributed by atoms with Crippen molar-refractivity contribution in [2.24, 2.45) is 5.92 Å².